The van der Waals surface area contributed by atoms with Crippen LogP contribution in [-0.2, 0) is 6.61 Å². The van der Waals surface area contributed by atoms with Gasteiger partial charge in [-0.3, -0.25) is 9.36 Å². The van der Waals surface area contributed by atoms with Crippen LogP contribution in [0.25, 0.3) is 0 Å². The van der Waals surface area contributed by atoms with Crippen molar-refractivity contribution in [3.63, 3.8) is 0 Å². The van der Waals surface area contributed by atoms with E-state index in [-0.39, 0.29) is 12.4 Å². The molecule has 0 saturated heterocycles. The summed E-state index contributed by atoms with van der Waals surface area (Å²) < 4.78 is 36.5. The largest absolute Gasteiger partial charge is 0.493 e. The summed E-state index contributed by atoms with van der Waals surface area (Å²) in [4.78, 5) is 14.5. The summed E-state index contributed by atoms with van der Waals surface area (Å²) in [6.45, 7) is -2.80. The predicted molar refractivity (Wildman–Crippen MR) is 66.2 cm³/mol. The van der Waals surface area contributed by atoms with Gasteiger partial charge in [-0.05, 0) is 18.2 Å². The zero-order valence-electron chi connectivity index (χ0n) is 10.6. The van der Waals surface area contributed by atoms with Gasteiger partial charge >= 0.3 is 6.55 Å². The second-order valence-corrected chi connectivity index (χ2v) is 3.85. The lowest BCUT2D eigenvalue weighted by Crippen LogP contribution is -2.07. The molecular formula is C13H12F2N2O3. The number of carbonyl (C=O) groups excluding carboxylic acids is 1. The number of imidazole rings is 1. The van der Waals surface area contributed by atoms with Crippen LogP contribution in [0.3, 0.4) is 0 Å². The van der Waals surface area contributed by atoms with Crippen LogP contribution < -0.4 is 9.47 Å². The number of aldehydes is 1. The molecule has 0 amide bonds. The van der Waals surface area contributed by atoms with Gasteiger partial charge in [-0.15, -0.1) is 0 Å². The van der Waals surface area contributed by atoms with Crippen molar-refractivity contribution in [2.24, 2.45) is 0 Å². The van der Waals surface area contributed by atoms with Gasteiger partial charge in [0.2, 0.25) is 0 Å². The van der Waals surface area contributed by atoms with E-state index >= 15 is 0 Å². The van der Waals surface area contributed by atoms with E-state index < -0.39 is 6.55 Å². The number of hydrogen-bond donors (Lipinski definition) is 0. The van der Waals surface area contributed by atoms with Crippen LogP contribution in [-0.4, -0.2) is 22.9 Å². The number of nitrogens with zero attached hydrogens (tertiary/aromatic N) is 2. The molecule has 20 heavy (non-hydrogen) atoms. The average molecular weight is 282 g/mol. The van der Waals surface area contributed by atoms with Crippen LogP contribution in [0, 0.1) is 0 Å². The topological polar surface area (TPSA) is 53.4 Å². The van der Waals surface area contributed by atoms with Crippen LogP contribution in [0.2, 0.25) is 0 Å². The highest BCUT2D eigenvalue weighted by atomic mass is 19.3. The molecule has 0 aliphatic heterocycles. The quantitative estimate of drug-likeness (QED) is 0.764. The summed E-state index contributed by atoms with van der Waals surface area (Å²) >= 11 is 0. The molecule has 2 aromatic rings. The molecule has 2 rings (SSSR count). The van der Waals surface area contributed by atoms with E-state index in [9.17, 15) is 13.6 Å². The zero-order chi connectivity index (χ0) is 14.5. The smallest absolute Gasteiger partial charge is 0.320 e. The maximum atomic E-state index is 12.6. The molecule has 0 unspecified atom stereocenters. The third kappa shape index (κ3) is 2.93. The van der Waals surface area contributed by atoms with E-state index in [0.29, 0.717) is 27.9 Å². The normalized spacial score (nSPS) is 10.6. The Kier molecular flexibility index (Phi) is 4.29. The number of ether oxygens (including phenoxy) is 2. The Morgan fingerprint density at radius 3 is 2.85 bits per heavy atom. The number of methoxy groups -OCH3 is 1. The first-order chi connectivity index (χ1) is 9.65. The highest BCUT2D eigenvalue weighted by Crippen LogP contribution is 2.28. The van der Waals surface area contributed by atoms with Crippen molar-refractivity contribution >= 4 is 6.29 Å². The molecule has 5 nitrogen and oxygen atoms in total. The fourth-order valence-electron chi connectivity index (χ4n) is 1.65. The van der Waals surface area contributed by atoms with Crippen molar-refractivity contribution in [3.05, 3.63) is 42.0 Å². The molecule has 0 aliphatic rings. The lowest BCUT2D eigenvalue weighted by molar-refractivity contribution is 0.0631. The van der Waals surface area contributed by atoms with Gasteiger partial charge in [0.25, 0.3) is 0 Å². The molecule has 0 bridgehead atoms. The molecule has 0 radical (unpaired) electrons. The predicted octanol–water partition coefficient (Wildman–Crippen LogP) is 2.68. The van der Waals surface area contributed by atoms with Gasteiger partial charge < -0.3 is 9.47 Å². The maximum absolute atomic E-state index is 12.6. The van der Waals surface area contributed by atoms with Crippen molar-refractivity contribution < 1.29 is 23.0 Å². The van der Waals surface area contributed by atoms with E-state index in [2.05, 4.69) is 4.98 Å². The van der Waals surface area contributed by atoms with E-state index in [1.807, 2.05) is 0 Å². The molecule has 7 heteroatoms. The standard InChI is InChI=1S/C13H12F2N2O3/c1-19-11-6-9(7-18)2-3-10(11)20-8-12-16-4-5-17(12)13(14)15/h2-7,13H,8H2,1H3. The Hall–Kier alpha value is -2.44. The van der Waals surface area contributed by atoms with Gasteiger partial charge in [0.05, 0.1) is 7.11 Å². The highest BCUT2D eigenvalue weighted by Gasteiger charge is 2.13. The number of halogens is 2. The van der Waals surface area contributed by atoms with Gasteiger partial charge in [0.1, 0.15) is 12.9 Å². The van der Waals surface area contributed by atoms with Crippen LogP contribution in [0.1, 0.15) is 22.7 Å². The highest BCUT2D eigenvalue weighted by molar-refractivity contribution is 5.76. The first-order valence-electron chi connectivity index (χ1n) is 5.71. The van der Waals surface area contributed by atoms with Crippen molar-refractivity contribution in [3.8, 4) is 11.5 Å². The molecule has 106 valence electrons. The zero-order valence-corrected chi connectivity index (χ0v) is 10.6. The molecule has 0 atom stereocenters. The van der Waals surface area contributed by atoms with Gasteiger partial charge in [-0.1, -0.05) is 0 Å². The Morgan fingerprint density at radius 2 is 2.20 bits per heavy atom. The van der Waals surface area contributed by atoms with Crippen LogP contribution in [0.4, 0.5) is 8.78 Å². The summed E-state index contributed by atoms with van der Waals surface area (Å²) in [5.74, 6) is 0.799. The second kappa shape index (κ2) is 6.14. The summed E-state index contributed by atoms with van der Waals surface area (Å²) in [6.07, 6.45) is 3.13. The number of benzene rings is 1. The lowest BCUT2D eigenvalue weighted by atomic mass is 10.2. The number of alkyl halides is 2. The number of hydrogen-bond acceptors (Lipinski definition) is 4. The van der Waals surface area contributed by atoms with Gasteiger partial charge in [0.15, 0.2) is 17.3 Å². The summed E-state index contributed by atoms with van der Waals surface area (Å²) in [5, 5.41) is 0. The minimum atomic E-state index is -2.67. The van der Waals surface area contributed by atoms with Crippen LogP contribution in [0.5, 0.6) is 11.5 Å². The molecule has 1 aromatic carbocycles. The molecule has 1 heterocycles. The number of rotatable bonds is 6. The Bertz CT molecular complexity index is 599. The van der Waals surface area contributed by atoms with Gasteiger partial charge in [-0.2, -0.15) is 8.78 Å². The first kappa shape index (κ1) is 14.0. The molecule has 0 fully saturated rings. The molecule has 1 aromatic heterocycles. The maximum Gasteiger partial charge on any atom is 0.320 e. The molecule has 0 N–H and O–H groups in total. The van der Waals surface area contributed by atoms with E-state index in [1.165, 1.54) is 31.6 Å². The van der Waals surface area contributed by atoms with Crippen molar-refractivity contribution in [1.82, 2.24) is 9.55 Å². The van der Waals surface area contributed by atoms with Gasteiger partial charge in [-0.25, -0.2) is 4.98 Å². The fraction of sp³-hybridized carbons (Fsp3) is 0.231. The Balaban J connectivity index is 2.14. The minimum absolute atomic E-state index is 0.0986. The van der Waals surface area contributed by atoms with Gasteiger partial charge in [0, 0.05) is 18.0 Å². The monoisotopic (exact) mass is 282 g/mol. The third-order valence-corrected chi connectivity index (χ3v) is 2.64. The van der Waals surface area contributed by atoms with Crippen molar-refractivity contribution in [1.29, 1.82) is 0 Å². The second-order valence-electron chi connectivity index (χ2n) is 3.85. The minimum Gasteiger partial charge on any atom is -0.493 e. The Morgan fingerprint density at radius 1 is 1.40 bits per heavy atom. The van der Waals surface area contributed by atoms with Crippen LogP contribution in [0.15, 0.2) is 30.6 Å². The Labute approximate surface area is 113 Å². The molecule has 0 spiro atoms. The van der Waals surface area contributed by atoms with E-state index in [1.54, 1.807) is 6.07 Å². The summed E-state index contributed by atoms with van der Waals surface area (Å²) in [6, 6.07) is 4.59. The summed E-state index contributed by atoms with van der Waals surface area (Å²) in [5.41, 5.74) is 0.434. The van der Waals surface area contributed by atoms with Crippen LogP contribution >= 0.6 is 0 Å². The average Bonchev–Trinajstić information content (AvgIpc) is 2.93. The number of carbonyl (C=O) groups is 1. The fourth-order valence-corrected chi connectivity index (χ4v) is 1.65. The van der Waals surface area contributed by atoms with Crippen molar-refractivity contribution in [2.45, 2.75) is 13.2 Å². The first-order valence-corrected chi connectivity index (χ1v) is 5.71. The molecule has 0 aliphatic carbocycles. The van der Waals surface area contributed by atoms with E-state index in [4.69, 9.17) is 9.47 Å². The third-order valence-electron chi connectivity index (χ3n) is 2.64. The van der Waals surface area contributed by atoms with Crippen molar-refractivity contribution in [2.75, 3.05) is 7.11 Å². The SMILES string of the molecule is COc1cc(C=O)ccc1OCc1nccn1C(F)F. The summed E-state index contributed by atoms with van der Waals surface area (Å²) in [7, 11) is 1.43. The molecule has 0 saturated carbocycles. The lowest BCUT2D eigenvalue weighted by Gasteiger charge is -2.11. The van der Waals surface area contributed by atoms with E-state index in [0.717, 1.165) is 0 Å². The number of aromatic nitrogens is 2. The molecular weight excluding hydrogens is 270 g/mol.